The van der Waals surface area contributed by atoms with Crippen LogP contribution in [0, 0.1) is 0 Å². The summed E-state index contributed by atoms with van der Waals surface area (Å²) in [5, 5.41) is 92.9. The van der Waals surface area contributed by atoms with Crippen LogP contribution in [0.3, 0.4) is 0 Å². The van der Waals surface area contributed by atoms with E-state index >= 15 is 0 Å². The van der Waals surface area contributed by atoms with Crippen molar-refractivity contribution in [3.05, 3.63) is 46.6 Å². The third kappa shape index (κ3) is 6.45. The zero-order valence-electron chi connectivity index (χ0n) is 23.9. The molecule has 1 aromatic heterocycles. The Labute approximate surface area is 258 Å². The molecule has 0 aliphatic carbocycles. The van der Waals surface area contributed by atoms with E-state index in [0.717, 1.165) is 19.1 Å². The number of phenols is 3. The van der Waals surface area contributed by atoms with Crippen molar-refractivity contribution in [3.63, 3.8) is 0 Å². The topological polar surface area (TPSA) is 275 Å². The van der Waals surface area contributed by atoms with Crippen molar-refractivity contribution in [2.24, 2.45) is 0 Å². The Bertz CT molecular complexity index is 1610. The van der Waals surface area contributed by atoms with Gasteiger partial charge in [-0.1, -0.05) is 0 Å². The van der Waals surface area contributed by atoms with E-state index < -0.39 is 109 Å². The smallest absolute Gasteiger partial charge is 0.302 e. The van der Waals surface area contributed by atoms with Gasteiger partial charge in [0.05, 0.1) is 6.61 Å². The van der Waals surface area contributed by atoms with E-state index in [-0.39, 0.29) is 22.7 Å². The lowest BCUT2D eigenvalue weighted by atomic mass is 9.97. The summed E-state index contributed by atoms with van der Waals surface area (Å²) in [7, 11) is 0. The number of aliphatic hydroxyl groups excluding tert-OH is 6. The van der Waals surface area contributed by atoms with Crippen LogP contribution in [0.5, 0.6) is 23.0 Å². The summed E-state index contributed by atoms with van der Waals surface area (Å²) >= 11 is 0. The van der Waals surface area contributed by atoms with Crippen LogP contribution in [0.2, 0.25) is 0 Å². The van der Waals surface area contributed by atoms with Crippen LogP contribution >= 0.6 is 0 Å². The summed E-state index contributed by atoms with van der Waals surface area (Å²) in [4.78, 5) is 24.9. The Morgan fingerprint density at radius 3 is 2.15 bits per heavy atom. The summed E-state index contributed by atoms with van der Waals surface area (Å²) in [5.41, 5.74) is -1.07. The fraction of sp³-hybridized carbons (Fsp3) is 0.448. The number of ether oxygens (including phenoxy) is 5. The summed E-state index contributed by atoms with van der Waals surface area (Å²) in [6.07, 6.45) is -17.8. The third-order valence-corrected chi connectivity index (χ3v) is 7.51. The molecule has 5 rings (SSSR count). The van der Waals surface area contributed by atoms with Gasteiger partial charge in [-0.25, -0.2) is 0 Å². The van der Waals surface area contributed by atoms with E-state index in [2.05, 4.69) is 0 Å². The number of aliphatic hydroxyl groups is 6. The van der Waals surface area contributed by atoms with Crippen molar-refractivity contribution >= 4 is 16.9 Å². The molecule has 0 spiro atoms. The lowest BCUT2D eigenvalue weighted by molar-refractivity contribution is -0.353. The van der Waals surface area contributed by atoms with Crippen LogP contribution in [-0.4, -0.2) is 127 Å². The molecule has 0 saturated carbocycles. The van der Waals surface area contributed by atoms with Crippen molar-refractivity contribution in [3.8, 4) is 34.3 Å². The maximum atomic E-state index is 13.7. The van der Waals surface area contributed by atoms with E-state index in [9.17, 15) is 55.5 Å². The minimum absolute atomic E-state index is 0.129. The number of rotatable bonds is 8. The predicted octanol–water partition coefficient (Wildman–Crippen LogP) is -1.85. The highest BCUT2D eigenvalue weighted by Crippen LogP contribution is 2.38. The zero-order chi connectivity index (χ0) is 33.4. The van der Waals surface area contributed by atoms with Gasteiger partial charge >= 0.3 is 5.97 Å². The van der Waals surface area contributed by atoms with E-state index in [0.29, 0.717) is 0 Å². The zero-order valence-corrected chi connectivity index (χ0v) is 23.9. The molecule has 17 nitrogen and oxygen atoms in total. The van der Waals surface area contributed by atoms with Crippen LogP contribution in [0.4, 0.5) is 0 Å². The lowest BCUT2D eigenvalue weighted by Crippen LogP contribution is -2.65. The molecule has 2 aliphatic rings. The number of carbonyl (C=O) groups excluding carboxylic acids is 1. The molecular weight excluding hydrogens is 620 g/mol. The average molecular weight is 653 g/mol. The molecule has 2 saturated heterocycles. The Balaban J connectivity index is 1.50. The monoisotopic (exact) mass is 652 g/mol. The number of hydrogen-bond acceptors (Lipinski definition) is 17. The van der Waals surface area contributed by atoms with Gasteiger partial charge < -0.3 is 74.1 Å². The number of carbonyl (C=O) groups is 1. The van der Waals surface area contributed by atoms with Crippen molar-refractivity contribution in [1.29, 1.82) is 0 Å². The summed E-state index contributed by atoms with van der Waals surface area (Å²) in [5.74, 6) is -2.89. The molecule has 2 aromatic carbocycles. The number of aromatic hydroxyl groups is 3. The molecule has 10 atom stereocenters. The summed E-state index contributed by atoms with van der Waals surface area (Å²) < 4.78 is 33.1. The molecule has 2 aliphatic heterocycles. The van der Waals surface area contributed by atoms with Gasteiger partial charge in [-0.3, -0.25) is 9.59 Å². The van der Waals surface area contributed by atoms with E-state index in [1.54, 1.807) is 0 Å². The highest BCUT2D eigenvalue weighted by Gasteiger charge is 2.51. The first kappa shape index (κ1) is 33.3. The quantitative estimate of drug-likeness (QED) is 0.121. The van der Waals surface area contributed by atoms with Gasteiger partial charge in [0.25, 0.3) is 0 Å². The second kappa shape index (κ2) is 13.4. The average Bonchev–Trinajstić information content (AvgIpc) is 3.00. The summed E-state index contributed by atoms with van der Waals surface area (Å²) in [6, 6.07) is 7.19. The Kier molecular flexibility index (Phi) is 9.68. The minimum atomic E-state index is -2.01. The Morgan fingerprint density at radius 2 is 1.50 bits per heavy atom. The van der Waals surface area contributed by atoms with Gasteiger partial charge in [0.2, 0.25) is 17.5 Å². The largest absolute Gasteiger partial charge is 0.508 e. The molecule has 3 heterocycles. The van der Waals surface area contributed by atoms with Crippen LogP contribution in [-0.2, 0) is 23.7 Å². The molecule has 17 heteroatoms. The van der Waals surface area contributed by atoms with Gasteiger partial charge in [-0.15, -0.1) is 0 Å². The minimum Gasteiger partial charge on any atom is -0.508 e. The highest BCUT2D eigenvalue weighted by atomic mass is 16.7. The first-order valence-electron chi connectivity index (χ1n) is 13.9. The molecule has 0 amide bonds. The predicted molar refractivity (Wildman–Crippen MR) is 149 cm³/mol. The van der Waals surface area contributed by atoms with Crippen LogP contribution in [0.15, 0.2) is 45.6 Å². The van der Waals surface area contributed by atoms with Gasteiger partial charge in [-0.05, 0) is 24.3 Å². The van der Waals surface area contributed by atoms with Gasteiger partial charge in [-0.2, -0.15) is 0 Å². The van der Waals surface area contributed by atoms with Gasteiger partial charge in [0.1, 0.15) is 83.7 Å². The number of phenolic OH excluding ortho intramolecular Hbond substituents is 3. The second-order valence-electron chi connectivity index (χ2n) is 10.7. The molecule has 9 N–H and O–H groups in total. The van der Waals surface area contributed by atoms with Gasteiger partial charge in [0, 0.05) is 24.6 Å². The first-order chi connectivity index (χ1) is 21.8. The summed E-state index contributed by atoms with van der Waals surface area (Å²) in [6.45, 7) is -0.325. The lowest BCUT2D eigenvalue weighted by Gasteiger charge is -2.45. The van der Waals surface area contributed by atoms with E-state index in [4.69, 9.17) is 28.1 Å². The van der Waals surface area contributed by atoms with Crippen molar-refractivity contribution in [2.75, 3.05) is 13.2 Å². The third-order valence-electron chi connectivity index (χ3n) is 7.51. The van der Waals surface area contributed by atoms with Crippen molar-refractivity contribution < 1.29 is 78.9 Å². The fourth-order valence-corrected chi connectivity index (χ4v) is 5.13. The second-order valence-corrected chi connectivity index (χ2v) is 10.7. The highest BCUT2D eigenvalue weighted by molar-refractivity contribution is 5.88. The van der Waals surface area contributed by atoms with Crippen LogP contribution in [0.25, 0.3) is 22.3 Å². The van der Waals surface area contributed by atoms with Crippen LogP contribution < -0.4 is 10.2 Å². The molecule has 0 radical (unpaired) electrons. The first-order valence-corrected chi connectivity index (χ1v) is 13.9. The van der Waals surface area contributed by atoms with E-state index in [1.165, 1.54) is 24.3 Å². The Morgan fingerprint density at radius 1 is 0.826 bits per heavy atom. The normalized spacial score (nSPS) is 31.5. The molecule has 3 aromatic rings. The maximum Gasteiger partial charge on any atom is 0.302 e. The Hall–Kier alpha value is -4.04. The number of hydrogen-bond donors (Lipinski definition) is 9. The number of benzene rings is 2. The molecule has 4 unspecified atom stereocenters. The van der Waals surface area contributed by atoms with Gasteiger partial charge in [0.15, 0.2) is 12.1 Å². The number of fused-ring (bicyclic) bond motifs is 1. The number of esters is 1. The standard InChI is InChI=1S/C29H32O17/c1-10(31)41-9-17-19(35)22(38)23(39)28(44-17)45-26-20(36)16(8-30)43-29(24(26)40)46-27-21(37)18-14(34)6-13(33)7-15(18)42-25(27)11-2-4-12(32)5-3-11/h2-7,16-17,19-20,22-24,26,28-30,32-36,38-40H,8-9H2,1H3/t16?,17?,19-,20+,22+,23?,24?,26+,28+,29+/m1/s1. The van der Waals surface area contributed by atoms with E-state index in [1.807, 2.05) is 0 Å². The van der Waals surface area contributed by atoms with Crippen LogP contribution in [0.1, 0.15) is 6.92 Å². The molecule has 250 valence electrons. The fourth-order valence-electron chi connectivity index (χ4n) is 5.13. The molecular formula is C29H32O17. The molecule has 46 heavy (non-hydrogen) atoms. The maximum absolute atomic E-state index is 13.7. The molecule has 0 bridgehead atoms. The SMILES string of the molecule is CC(=O)OCC1O[C@@H](O[C@@H]2C(O)[C@H](Oc3c(-c4ccc(O)cc4)oc4cc(O)cc(O)c4c3=O)OC(CO)[C@@H]2O)C(O)[C@@H](O)[C@@H]1O. The van der Waals surface area contributed by atoms with Crippen molar-refractivity contribution in [2.45, 2.75) is 68.3 Å². The van der Waals surface area contributed by atoms with Crippen molar-refractivity contribution in [1.82, 2.24) is 0 Å². The molecule has 2 fully saturated rings.